The lowest BCUT2D eigenvalue weighted by atomic mass is 9.80. The van der Waals surface area contributed by atoms with Crippen molar-refractivity contribution in [1.29, 1.82) is 0 Å². The number of fused-ring (bicyclic) bond motifs is 1. The van der Waals surface area contributed by atoms with Crippen LogP contribution in [0.1, 0.15) is 19.3 Å². The molecule has 5 heteroatoms. The van der Waals surface area contributed by atoms with E-state index in [-0.39, 0.29) is 5.95 Å². The van der Waals surface area contributed by atoms with Gasteiger partial charge in [-0.05, 0) is 31.4 Å². The summed E-state index contributed by atoms with van der Waals surface area (Å²) in [6.45, 7) is 0.507. The molecule has 0 amide bonds. The van der Waals surface area contributed by atoms with Crippen LogP contribution in [-0.4, -0.2) is 27.2 Å². The summed E-state index contributed by atoms with van der Waals surface area (Å²) in [5.74, 6) is 0.940. The van der Waals surface area contributed by atoms with E-state index in [1.165, 1.54) is 0 Å². The fourth-order valence-corrected chi connectivity index (χ4v) is 2.24. The van der Waals surface area contributed by atoms with E-state index < -0.39 is 5.60 Å². The number of hydrogen-bond acceptors (Lipinski definition) is 5. The quantitative estimate of drug-likeness (QED) is 0.762. The average Bonchev–Trinajstić information content (AvgIpc) is 2.33. The maximum absolute atomic E-state index is 10.1. The van der Waals surface area contributed by atoms with Gasteiger partial charge in [-0.25, -0.2) is 4.98 Å². The summed E-state index contributed by atoms with van der Waals surface area (Å²) in [4.78, 5) is 8.39. The first-order chi connectivity index (χ1) is 8.66. The predicted molar refractivity (Wildman–Crippen MR) is 71.2 cm³/mol. The molecule has 1 fully saturated rings. The first kappa shape index (κ1) is 11.2. The van der Waals surface area contributed by atoms with E-state index in [0.717, 1.165) is 30.2 Å². The molecule has 1 aromatic carbocycles. The molecule has 18 heavy (non-hydrogen) atoms. The summed E-state index contributed by atoms with van der Waals surface area (Å²) in [6.07, 6.45) is 2.78. The number of anilines is 2. The van der Waals surface area contributed by atoms with Gasteiger partial charge in [-0.15, -0.1) is 0 Å². The molecule has 2 aromatic rings. The molecule has 0 aliphatic heterocycles. The monoisotopic (exact) mass is 244 g/mol. The van der Waals surface area contributed by atoms with Crippen LogP contribution in [0.2, 0.25) is 0 Å². The Labute approximate surface area is 105 Å². The molecule has 3 rings (SSSR count). The van der Waals surface area contributed by atoms with E-state index in [9.17, 15) is 5.11 Å². The average molecular weight is 244 g/mol. The summed E-state index contributed by atoms with van der Waals surface area (Å²) in [5, 5.41) is 14.2. The Bertz CT molecular complexity index is 580. The van der Waals surface area contributed by atoms with Gasteiger partial charge in [-0.3, -0.25) is 0 Å². The molecule has 1 aromatic heterocycles. The first-order valence-electron chi connectivity index (χ1n) is 6.15. The number of aromatic nitrogens is 2. The molecule has 0 saturated heterocycles. The highest BCUT2D eigenvalue weighted by molar-refractivity contribution is 5.89. The van der Waals surface area contributed by atoms with Gasteiger partial charge in [-0.2, -0.15) is 4.98 Å². The Balaban J connectivity index is 1.90. The van der Waals surface area contributed by atoms with Crippen LogP contribution >= 0.6 is 0 Å². The molecule has 0 bridgehead atoms. The van der Waals surface area contributed by atoms with Crippen LogP contribution in [0.15, 0.2) is 24.3 Å². The van der Waals surface area contributed by atoms with E-state index in [1.807, 2.05) is 24.3 Å². The van der Waals surface area contributed by atoms with Gasteiger partial charge in [0.2, 0.25) is 5.95 Å². The molecular formula is C13H16N4O. The van der Waals surface area contributed by atoms with E-state index in [4.69, 9.17) is 5.73 Å². The topological polar surface area (TPSA) is 84.1 Å². The second-order valence-electron chi connectivity index (χ2n) is 4.88. The molecule has 1 heterocycles. The van der Waals surface area contributed by atoms with Gasteiger partial charge < -0.3 is 16.2 Å². The summed E-state index contributed by atoms with van der Waals surface area (Å²) in [7, 11) is 0. The molecule has 0 unspecified atom stereocenters. The Kier molecular flexibility index (Phi) is 2.56. The summed E-state index contributed by atoms with van der Waals surface area (Å²) in [5.41, 5.74) is 5.92. The van der Waals surface area contributed by atoms with Crippen molar-refractivity contribution in [2.45, 2.75) is 24.9 Å². The molecule has 94 valence electrons. The zero-order valence-corrected chi connectivity index (χ0v) is 10.1. The van der Waals surface area contributed by atoms with E-state index >= 15 is 0 Å². The third kappa shape index (κ3) is 1.97. The van der Waals surface area contributed by atoms with E-state index in [1.54, 1.807) is 0 Å². The van der Waals surface area contributed by atoms with E-state index in [2.05, 4.69) is 15.3 Å². The van der Waals surface area contributed by atoms with Crippen LogP contribution in [0.4, 0.5) is 11.8 Å². The number of nitrogens with two attached hydrogens (primary N) is 1. The van der Waals surface area contributed by atoms with Crippen LogP contribution in [0.3, 0.4) is 0 Å². The van der Waals surface area contributed by atoms with Crippen LogP contribution < -0.4 is 11.1 Å². The summed E-state index contributed by atoms with van der Waals surface area (Å²) in [6, 6.07) is 7.70. The van der Waals surface area contributed by atoms with Gasteiger partial charge in [-0.1, -0.05) is 12.1 Å². The molecule has 1 aliphatic rings. The van der Waals surface area contributed by atoms with Gasteiger partial charge in [0.1, 0.15) is 5.82 Å². The highest BCUT2D eigenvalue weighted by atomic mass is 16.3. The molecule has 0 radical (unpaired) electrons. The highest BCUT2D eigenvalue weighted by Crippen LogP contribution is 2.32. The number of aliphatic hydroxyl groups is 1. The standard InChI is InChI=1S/C13H16N4O/c14-12-16-10-5-2-1-4-9(10)11(17-12)15-8-13(18)6-3-7-13/h1-2,4-5,18H,3,6-8H2,(H3,14,15,16,17). The van der Waals surface area contributed by atoms with Gasteiger partial charge in [0, 0.05) is 11.9 Å². The minimum absolute atomic E-state index is 0.247. The number of nitrogens with zero attached hydrogens (tertiary/aromatic N) is 2. The lowest BCUT2D eigenvalue weighted by molar-refractivity contribution is -0.0202. The molecule has 4 N–H and O–H groups in total. The second-order valence-corrected chi connectivity index (χ2v) is 4.88. The number of rotatable bonds is 3. The van der Waals surface area contributed by atoms with Crippen LogP contribution in [0.5, 0.6) is 0 Å². The zero-order chi connectivity index (χ0) is 12.6. The maximum Gasteiger partial charge on any atom is 0.222 e. The van der Waals surface area contributed by atoms with Crippen molar-refractivity contribution in [1.82, 2.24) is 9.97 Å². The Morgan fingerprint density at radius 1 is 1.28 bits per heavy atom. The minimum atomic E-state index is -0.583. The van der Waals surface area contributed by atoms with Crippen LogP contribution in [0, 0.1) is 0 Å². The van der Waals surface area contributed by atoms with Crippen molar-refractivity contribution in [2.24, 2.45) is 0 Å². The molecule has 1 aliphatic carbocycles. The largest absolute Gasteiger partial charge is 0.388 e. The fourth-order valence-electron chi connectivity index (χ4n) is 2.24. The Hall–Kier alpha value is -1.88. The zero-order valence-electron chi connectivity index (χ0n) is 10.1. The van der Waals surface area contributed by atoms with Gasteiger partial charge >= 0.3 is 0 Å². The number of benzene rings is 1. The molecule has 1 saturated carbocycles. The van der Waals surface area contributed by atoms with Crippen molar-refractivity contribution < 1.29 is 5.11 Å². The summed E-state index contributed by atoms with van der Waals surface area (Å²) < 4.78 is 0. The molecule has 0 spiro atoms. The minimum Gasteiger partial charge on any atom is -0.388 e. The SMILES string of the molecule is Nc1nc(NCC2(O)CCC2)c2ccccc2n1. The summed E-state index contributed by atoms with van der Waals surface area (Å²) >= 11 is 0. The van der Waals surface area contributed by atoms with E-state index in [0.29, 0.717) is 12.4 Å². The van der Waals surface area contributed by atoms with Crippen molar-refractivity contribution >= 4 is 22.7 Å². The normalized spacial score (nSPS) is 17.4. The lowest BCUT2D eigenvalue weighted by Gasteiger charge is -2.36. The first-order valence-corrected chi connectivity index (χ1v) is 6.15. The van der Waals surface area contributed by atoms with Crippen LogP contribution in [-0.2, 0) is 0 Å². The van der Waals surface area contributed by atoms with Gasteiger partial charge in [0.15, 0.2) is 0 Å². The molecule has 5 nitrogen and oxygen atoms in total. The van der Waals surface area contributed by atoms with Gasteiger partial charge in [0.25, 0.3) is 0 Å². The predicted octanol–water partition coefficient (Wildman–Crippen LogP) is 1.54. The highest BCUT2D eigenvalue weighted by Gasteiger charge is 2.34. The fraction of sp³-hybridized carbons (Fsp3) is 0.385. The van der Waals surface area contributed by atoms with Crippen molar-refractivity contribution in [3.63, 3.8) is 0 Å². The number of nitrogen functional groups attached to an aromatic ring is 1. The number of para-hydroxylation sites is 1. The number of nitrogens with one attached hydrogen (secondary N) is 1. The lowest BCUT2D eigenvalue weighted by Crippen LogP contribution is -2.43. The third-order valence-electron chi connectivity index (χ3n) is 3.49. The van der Waals surface area contributed by atoms with Crippen LogP contribution in [0.25, 0.3) is 10.9 Å². The number of hydrogen-bond donors (Lipinski definition) is 3. The molecule has 0 atom stereocenters. The van der Waals surface area contributed by atoms with Gasteiger partial charge in [0.05, 0.1) is 11.1 Å². The maximum atomic E-state index is 10.1. The van der Waals surface area contributed by atoms with Crippen molar-refractivity contribution in [2.75, 3.05) is 17.6 Å². The van der Waals surface area contributed by atoms with Crippen molar-refractivity contribution in [3.05, 3.63) is 24.3 Å². The third-order valence-corrected chi connectivity index (χ3v) is 3.49. The Morgan fingerprint density at radius 2 is 2.06 bits per heavy atom. The Morgan fingerprint density at radius 3 is 2.78 bits per heavy atom. The second kappa shape index (κ2) is 4.10. The molecular weight excluding hydrogens is 228 g/mol. The van der Waals surface area contributed by atoms with Crippen molar-refractivity contribution in [3.8, 4) is 0 Å². The smallest absolute Gasteiger partial charge is 0.222 e.